The number of thiazole rings is 1. The summed E-state index contributed by atoms with van der Waals surface area (Å²) in [5.74, 6) is -0.133. The molecule has 0 aliphatic heterocycles. The van der Waals surface area contributed by atoms with Crippen molar-refractivity contribution in [2.75, 3.05) is 0 Å². The van der Waals surface area contributed by atoms with E-state index in [1.54, 1.807) is 0 Å². The van der Waals surface area contributed by atoms with Crippen molar-refractivity contribution in [1.82, 2.24) is 4.57 Å². The van der Waals surface area contributed by atoms with Crippen LogP contribution in [0.15, 0.2) is 53.5 Å². The van der Waals surface area contributed by atoms with Gasteiger partial charge >= 0.3 is 0 Å². The lowest BCUT2D eigenvalue weighted by molar-refractivity contribution is -0.117. The van der Waals surface area contributed by atoms with Crippen molar-refractivity contribution in [2.24, 2.45) is 4.99 Å². The molecule has 1 amide bonds. The van der Waals surface area contributed by atoms with Crippen LogP contribution in [-0.2, 0) is 17.8 Å². The summed E-state index contributed by atoms with van der Waals surface area (Å²) >= 11 is 7.53. The molecule has 0 saturated heterocycles. The number of carbonyl (C=O) groups excluding carboxylic acids is 1. The Morgan fingerprint density at radius 3 is 2.73 bits per heavy atom. The summed E-state index contributed by atoms with van der Waals surface area (Å²) < 4.78 is 3.08. The van der Waals surface area contributed by atoms with Crippen molar-refractivity contribution in [3.63, 3.8) is 0 Å². The number of nitrogens with zero attached hydrogens (tertiary/aromatic N) is 2. The highest BCUT2D eigenvalue weighted by molar-refractivity contribution is 7.16. The quantitative estimate of drug-likeness (QED) is 0.713. The van der Waals surface area contributed by atoms with Gasteiger partial charge < -0.3 is 4.57 Å². The minimum absolute atomic E-state index is 0.133. The van der Waals surface area contributed by atoms with Gasteiger partial charge in [0, 0.05) is 11.6 Å². The van der Waals surface area contributed by atoms with Gasteiger partial charge in [-0.1, -0.05) is 53.3 Å². The van der Waals surface area contributed by atoms with E-state index in [4.69, 9.17) is 11.6 Å². The number of aryl methyl sites for hydroxylation is 1. The maximum absolute atomic E-state index is 12.2. The van der Waals surface area contributed by atoms with Gasteiger partial charge in [-0.05, 0) is 30.7 Å². The molecule has 0 bridgehead atoms. The third-order valence-electron chi connectivity index (χ3n) is 3.38. The SMILES string of the molecule is CCn1c(=NC(=O)Cc2ccccc2)sc2cc(Cl)ccc21. The molecule has 0 unspecified atom stereocenters. The zero-order chi connectivity index (χ0) is 15.5. The maximum atomic E-state index is 12.2. The van der Waals surface area contributed by atoms with Crippen LogP contribution in [0.5, 0.6) is 0 Å². The molecule has 0 N–H and O–H groups in total. The van der Waals surface area contributed by atoms with Crippen LogP contribution in [0.4, 0.5) is 0 Å². The Morgan fingerprint density at radius 2 is 2.00 bits per heavy atom. The van der Waals surface area contributed by atoms with Crippen molar-refractivity contribution < 1.29 is 4.79 Å². The molecular formula is C17H15ClN2OS. The van der Waals surface area contributed by atoms with Crippen molar-refractivity contribution >= 4 is 39.1 Å². The lowest BCUT2D eigenvalue weighted by atomic mass is 10.1. The van der Waals surface area contributed by atoms with Gasteiger partial charge in [0.05, 0.1) is 16.6 Å². The Kier molecular flexibility index (Phi) is 4.41. The van der Waals surface area contributed by atoms with Gasteiger partial charge in [-0.2, -0.15) is 4.99 Å². The molecule has 3 rings (SSSR count). The topological polar surface area (TPSA) is 34.4 Å². The number of fused-ring (bicyclic) bond motifs is 1. The molecule has 112 valence electrons. The fourth-order valence-corrected chi connectivity index (χ4v) is 3.74. The Morgan fingerprint density at radius 1 is 1.23 bits per heavy atom. The second-order valence-electron chi connectivity index (χ2n) is 4.91. The summed E-state index contributed by atoms with van der Waals surface area (Å²) in [6.45, 7) is 2.81. The van der Waals surface area contributed by atoms with Crippen LogP contribution in [-0.4, -0.2) is 10.5 Å². The first-order valence-corrected chi connectivity index (χ1v) is 8.27. The third-order valence-corrected chi connectivity index (χ3v) is 4.66. The molecule has 0 spiro atoms. The molecule has 0 saturated carbocycles. The zero-order valence-corrected chi connectivity index (χ0v) is 13.7. The molecule has 0 fully saturated rings. The van der Waals surface area contributed by atoms with Crippen LogP contribution in [0.1, 0.15) is 12.5 Å². The Balaban J connectivity index is 1.99. The second-order valence-corrected chi connectivity index (χ2v) is 6.35. The molecule has 3 aromatic rings. The third kappa shape index (κ3) is 3.13. The fourth-order valence-electron chi connectivity index (χ4n) is 2.35. The van der Waals surface area contributed by atoms with E-state index in [0.717, 1.165) is 27.1 Å². The Hall–Kier alpha value is -1.91. The number of amides is 1. The summed E-state index contributed by atoms with van der Waals surface area (Å²) in [6.07, 6.45) is 0.319. The number of aromatic nitrogens is 1. The predicted molar refractivity (Wildman–Crippen MR) is 91.2 cm³/mol. The van der Waals surface area contributed by atoms with Gasteiger partial charge in [-0.15, -0.1) is 0 Å². The normalized spacial score (nSPS) is 12.0. The summed E-state index contributed by atoms with van der Waals surface area (Å²) in [4.78, 5) is 17.2. The first-order chi connectivity index (χ1) is 10.7. The summed E-state index contributed by atoms with van der Waals surface area (Å²) in [7, 11) is 0. The minimum Gasteiger partial charge on any atom is -0.317 e. The van der Waals surface area contributed by atoms with E-state index >= 15 is 0 Å². The van der Waals surface area contributed by atoms with Crippen LogP contribution < -0.4 is 4.80 Å². The predicted octanol–water partition coefficient (Wildman–Crippen LogP) is 4.05. The van der Waals surface area contributed by atoms with Gasteiger partial charge in [0.25, 0.3) is 5.91 Å². The van der Waals surface area contributed by atoms with E-state index in [1.807, 2.05) is 60.0 Å². The van der Waals surface area contributed by atoms with Gasteiger partial charge in [0.2, 0.25) is 0 Å². The number of hydrogen-bond acceptors (Lipinski definition) is 2. The Labute approximate surface area is 137 Å². The van der Waals surface area contributed by atoms with Gasteiger partial charge in [0.1, 0.15) is 0 Å². The molecule has 0 atom stereocenters. The van der Waals surface area contributed by atoms with E-state index in [-0.39, 0.29) is 5.91 Å². The molecule has 3 nitrogen and oxygen atoms in total. The first kappa shape index (κ1) is 15.0. The monoisotopic (exact) mass is 330 g/mol. The van der Waals surface area contributed by atoms with Crippen LogP contribution in [0.25, 0.3) is 10.2 Å². The smallest absolute Gasteiger partial charge is 0.252 e. The van der Waals surface area contributed by atoms with Gasteiger partial charge in [-0.3, -0.25) is 4.79 Å². The lowest BCUT2D eigenvalue weighted by Gasteiger charge is -2.00. The number of halogens is 1. The molecular weight excluding hydrogens is 316 g/mol. The molecule has 0 radical (unpaired) electrons. The number of hydrogen-bond donors (Lipinski definition) is 0. The average molecular weight is 331 g/mol. The van der Waals surface area contributed by atoms with E-state index in [0.29, 0.717) is 11.4 Å². The number of benzene rings is 2. The van der Waals surface area contributed by atoms with Crippen LogP contribution in [0, 0.1) is 0 Å². The highest BCUT2D eigenvalue weighted by Crippen LogP contribution is 2.21. The molecule has 2 aromatic carbocycles. The summed E-state index contributed by atoms with van der Waals surface area (Å²) in [6, 6.07) is 15.4. The van der Waals surface area contributed by atoms with E-state index in [9.17, 15) is 4.79 Å². The van der Waals surface area contributed by atoms with Crippen LogP contribution in [0.3, 0.4) is 0 Å². The van der Waals surface area contributed by atoms with E-state index < -0.39 is 0 Å². The van der Waals surface area contributed by atoms with E-state index in [2.05, 4.69) is 4.99 Å². The molecule has 22 heavy (non-hydrogen) atoms. The van der Waals surface area contributed by atoms with Crippen molar-refractivity contribution in [1.29, 1.82) is 0 Å². The summed E-state index contributed by atoms with van der Waals surface area (Å²) in [5.41, 5.74) is 2.03. The lowest BCUT2D eigenvalue weighted by Crippen LogP contribution is -2.16. The molecule has 1 heterocycles. The van der Waals surface area contributed by atoms with E-state index in [1.165, 1.54) is 11.3 Å². The first-order valence-electron chi connectivity index (χ1n) is 7.07. The number of carbonyl (C=O) groups is 1. The summed E-state index contributed by atoms with van der Waals surface area (Å²) in [5, 5.41) is 0.694. The van der Waals surface area contributed by atoms with Gasteiger partial charge in [0.15, 0.2) is 4.80 Å². The van der Waals surface area contributed by atoms with Crippen molar-refractivity contribution in [2.45, 2.75) is 19.9 Å². The highest BCUT2D eigenvalue weighted by Gasteiger charge is 2.07. The maximum Gasteiger partial charge on any atom is 0.252 e. The van der Waals surface area contributed by atoms with Crippen LogP contribution in [0.2, 0.25) is 5.02 Å². The van der Waals surface area contributed by atoms with Crippen LogP contribution >= 0.6 is 22.9 Å². The second kappa shape index (κ2) is 6.46. The Bertz CT molecular complexity index is 881. The average Bonchev–Trinajstić information content (AvgIpc) is 2.84. The van der Waals surface area contributed by atoms with Gasteiger partial charge in [-0.25, -0.2) is 0 Å². The minimum atomic E-state index is -0.133. The fraction of sp³-hybridized carbons (Fsp3) is 0.176. The largest absolute Gasteiger partial charge is 0.317 e. The molecule has 5 heteroatoms. The number of rotatable bonds is 3. The van der Waals surface area contributed by atoms with Crippen molar-refractivity contribution in [3.8, 4) is 0 Å². The highest BCUT2D eigenvalue weighted by atomic mass is 35.5. The van der Waals surface area contributed by atoms with Crippen molar-refractivity contribution in [3.05, 3.63) is 63.9 Å². The molecule has 0 aliphatic carbocycles. The standard InChI is InChI=1S/C17H15ClN2OS/c1-2-20-14-9-8-13(18)11-15(14)22-17(20)19-16(21)10-12-6-4-3-5-7-12/h3-9,11H,2,10H2,1H3. The molecule has 1 aromatic heterocycles. The zero-order valence-electron chi connectivity index (χ0n) is 12.1. The molecule has 0 aliphatic rings.